The Labute approximate surface area is 204 Å². The first-order valence-electron chi connectivity index (χ1n) is 12.1. The van der Waals surface area contributed by atoms with Crippen LogP contribution in [-0.4, -0.2) is 24.9 Å². The molecule has 1 aromatic carbocycles. The van der Waals surface area contributed by atoms with Gasteiger partial charge in [-0.25, -0.2) is 4.79 Å². The second-order valence-corrected chi connectivity index (χ2v) is 11.8. The van der Waals surface area contributed by atoms with Gasteiger partial charge in [-0.05, 0) is 106 Å². The Bertz CT molecular complexity index is 1130. The van der Waals surface area contributed by atoms with Gasteiger partial charge in [0.05, 0.1) is 23.0 Å². The molecular weight excluding hydrogens is 448 g/mol. The summed E-state index contributed by atoms with van der Waals surface area (Å²) in [5, 5.41) is 6.44. The Morgan fingerprint density at radius 2 is 1.47 bits per heavy atom. The van der Waals surface area contributed by atoms with Gasteiger partial charge in [-0.15, -0.1) is 11.3 Å². The van der Waals surface area contributed by atoms with Crippen molar-refractivity contribution in [3.8, 4) is 0 Å². The third-order valence-electron chi connectivity index (χ3n) is 7.97. The minimum Gasteiger partial charge on any atom is -0.465 e. The average Bonchev–Trinajstić information content (AvgIpc) is 3.07. The quantitative estimate of drug-likeness (QED) is 0.525. The summed E-state index contributed by atoms with van der Waals surface area (Å²) in [4.78, 5) is 39.9. The van der Waals surface area contributed by atoms with Crippen LogP contribution >= 0.6 is 11.3 Å². The number of hydrogen-bond donors (Lipinski definition) is 2. The highest BCUT2D eigenvalue weighted by Crippen LogP contribution is 2.60. The van der Waals surface area contributed by atoms with Crippen LogP contribution in [0.15, 0.2) is 18.2 Å². The Kier molecular flexibility index (Phi) is 5.79. The molecule has 0 aliphatic heterocycles. The summed E-state index contributed by atoms with van der Waals surface area (Å²) < 4.78 is 5.02. The summed E-state index contributed by atoms with van der Waals surface area (Å²) in [6.45, 7) is 5.69. The molecule has 4 bridgehead atoms. The van der Waals surface area contributed by atoms with E-state index in [0.717, 1.165) is 41.7 Å². The van der Waals surface area contributed by atoms with Crippen molar-refractivity contribution in [3.05, 3.63) is 45.3 Å². The number of aryl methyl sites for hydroxylation is 2. The molecule has 2 amide bonds. The molecule has 0 spiro atoms. The van der Waals surface area contributed by atoms with E-state index in [1.54, 1.807) is 6.92 Å². The molecule has 34 heavy (non-hydrogen) atoms. The topological polar surface area (TPSA) is 84.5 Å². The number of carbonyl (C=O) groups is 3. The van der Waals surface area contributed by atoms with E-state index in [1.807, 2.05) is 32.0 Å². The maximum absolute atomic E-state index is 13.6. The molecule has 6 rings (SSSR count). The Hall–Kier alpha value is -2.67. The number of ether oxygens (including phenoxy) is 1. The second-order valence-electron chi connectivity index (χ2n) is 10.7. The zero-order valence-electron chi connectivity index (χ0n) is 20.2. The lowest BCUT2D eigenvalue weighted by atomic mass is 9.49. The first-order chi connectivity index (χ1) is 16.2. The fourth-order valence-electron chi connectivity index (χ4n) is 7.03. The first-order valence-corrected chi connectivity index (χ1v) is 12.9. The summed E-state index contributed by atoms with van der Waals surface area (Å²) in [5.41, 5.74) is 3.26. The van der Waals surface area contributed by atoms with Gasteiger partial charge in [0, 0.05) is 5.69 Å². The number of benzene rings is 1. The van der Waals surface area contributed by atoms with Crippen LogP contribution in [0, 0.1) is 43.9 Å². The molecule has 2 aromatic rings. The SMILES string of the molecule is COC(=O)c1c(NC(=O)C23CC4CC(CC(C4)C2)C3)sc(C(=O)Nc2cc(C)cc(C)c2)c1C. The summed E-state index contributed by atoms with van der Waals surface area (Å²) in [7, 11) is 1.32. The van der Waals surface area contributed by atoms with E-state index in [4.69, 9.17) is 4.74 Å². The maximum atomic E-state index is 13.6. The van der Waals surface area contributed by atoms with Crippen molar-refractivity contribution in [2.45, 2.75) is 59.3 Å². The highest BCUT2D eigenvalue weighted by Gasteiger charge is 2.54. The number of anilines is 2. The standard InChI is InChI=1S/C27H32N2O4S/c1-14-5-15(2)7-20(6-14)28-23(30)22-16(3)21(25(31)33-4)24(34-22)29-26(32)27-11-17-8-18(12-27)10-19(9-17)13-27/h5-7,17-19H,8-13H2,1-4H3,(H,28,30)(H,29,32). The average molecular weight is 481 g/mol. The largest absolute Gasteiger partial charge is 0.465 e. The Balaban J connectivity index is 1.43. The highest BCUT2D eigenvalue weighted by atomic mass is 32.1. The van der Waals surface area contributed by atoms with Gasteiger partial charge >= 0.3 is 5.97 Å². The Morgan fingerprint density at radius 3 is 2.00 bits per heavy atom. The molecule has 4 saturated carbocycles. The van der Waals surface area contributed by atoms with Crippen molar-refractivity contribution < 1.29 is 19.1 Å². The van der Waals surface area contributed by atoms with Crippen LogP contribution in [0.25, 0.3) is 0 Å². The molecular formula is C27H32N2O4S. The number of thiophene rings is 1. The lowest BCUT2D eigenvalue weighted by Crippen LogP contribution is -2.51. The molecule has 2 N–H and O–H groups in total. The van der Waals surface area contributed by atoms with E-state index < -0.39 is 5.97 Å². The van der Waals surface area contributed by atoms with Gasteiger partial charge < -0.3 is 15.4 Å². The monoisotopic (exact) mass is 480 g/mol. The molecule has 1 heterocycles. The predicted octanol–water partition coefficient (Wildman–Crippen LogP) is 5.87. The third kappa shape index (κ3) is 4.04. The number of esters is 1. The van der Waals surface area contributed by atoms with Crippen LogP contribution in [-0.2, 0) is 9.53 Å². The first kappa shape index (κ1) is 23.1. The van der Waals surface area contributed by atoms with Crippen molar-refractivity contribution >= 4 is 39.8 Å². The third-order valence-corrected chi connectivity index (χ3v) is 9.18. The van der Waals surface area contributed by atoms with Gasteiger partial charge in [0.15, 0.2) is 0 Å². The van der Waals surface area contributed by atoms with Gasteiger partial charge in [-0.1, -0.05) is 6.07 Å². The minimum absolute atomic E-state index is 0.000676. The zero-order chi connectivity index (χ0) is 24.2. The lowest BCUT2D eigenvalue weighted by Gasteiger charge is -2.55. The van der Waals surface area contributed by atoms with E-state index in [0.29, 0.717) is 38.9 Å². The van der Waals surface area contributed by atoms with Gasteiger partial charge in [-0.3, -0.25) is 9.59 Å². The molecule has 0 radical (unpaired) electrons. The van der Waals surface area contributed by atoms with E-state index in [9.17, 15) is 14.4 Å². The van der Waals surface area contributed by atoms with Crippen LogP contribution < -0.4 is 10.6 Å². The predicted molar refractivity (Wildman–Crippen MR) is 133 cm³/mol. The second kappa shape index (κ2) is 8.52. The number of amides is 2. The van der Waals surface area contributed by atoms with Crippen LogP contribution in [0.2, 0.25) is 0 Å². The fraction of sp³-hybridized carbons (Fsp3) is 0.519. The van der Waals surface area contributed by atoms with Crippen LogP contribution in [0.4, 0.5) is 10.7 Å². The summed E-state index contributed by atoms with van der Waals surface area (Å²) in [6, 6.07) is 5.86. The van der Waals surface area contributed by atoms with Crippen molar-refractivity contribution in [1.29, 1.82) is 0 Å². The molecule has 6 nitrogen and oxygen atoms in total. The van der Waals surface area contributed by atoms with Crippen molar-refractivity contribution in [1.82, 2.24) is 0 Å². The molecule has 0 unspecified atom stereocenters. The number of carbonyl (C=O) groups excluding carboxylic acids is 3. The van der Waals surface area contributed by atoms with E-state index in [-0.39, 0.29) is 22.8 Å². The maximum Gasteiger partial charge on any atom is 0.341 e. The van der Waals surface area contributed by atoms with Crippen LogP contribution in [0.5, 0.6) is 0 Å². The van der Waals surface area contributed by atoms with E-state index >= 15 is 0 Å². The molecule has 0 atom stereocenters. The van der Waals surface area contributed by atoms with Crippen molar-refractivity contribution in [2.24, 2.45) is 23.2 Å². The van der Waals surface area contributed by atoms with Crippen molar-refractivity contribution in [2.75, 3.05) is 17.7 Å². The summed E-state index contributed by atoms with van der Waals surface area (Å²) in [5.74, 6) is 1.08. The minimum atomic E-state index is -0.542. The molecule has 0 saturated heterocycles. The van der Waals surface area contributed by atoms with Gasteiger partial charge in [0.2, 0.25) is 5.91 Å². The highest BCUT2D eigenvalue weighted by molar-refractivity contribution is 7.19. The summed E-state index contributed by atoms with van der Waals surface area (Å²) in [6.07, 6.45) is 6.55. The zero-order valence-corrected chi connectivity index (χ0v) is 21.1. The molecule has 1 aromatic heterocycles. The smallest absolute Gasteiger partial charge is 0.341 e. The van der Waals surface area contributed by atoms with Crippen LogP contribution in [0.3, 0.4) is 0 Å². The van der Waals surface area contributed by atoms with E-state index in [2.05, 4.69) is 10.6 Å². The molecule has 180 valence electrons. The van der Waals surface area contributed by atoms with Gasteiger partial charge in [0.25, 0.3) is 5.91 Å². The number of hydrogen-bond acceptors (Lipinski definition) is 5. The molecule has 4 aliphatic carbocycles. The molecule has 4 aliphatic rings. The summed E-state index contributed by atoms with van der Waals surface area (Å²) >= 11 is 1.15. The fourth-order valence-corrected chi connectivity index (χ4v) is 8.11. The van der Waals surface area contributed by atoms with Gasteiger partial charge in [0.1, 0.15) is 5.00 Å². The molecule has 7 heteroatoms. The lowest BCUT2D eigenvalue weighted by molar-refractivity contribution is -0.140. The number of rotatable bonds is 5. The van der Waals surface area contributed by atoms with Gasteiger partial charge in [-0.2, -0.15) is 0 Å². The van der Waals surface area contributed by atoms with Crippen molar-refractivity contribution in [3.63, 3.8) is 0 Å². The van der Waals surface area contributed by atoms with E-state index in [1.165, 1.54) is 26.4 Å². The van der Waals surface area contributed by atoms with Crippen LogP contribution in [0.1, 0.15) is 75.2 Å². The Morgan fingerprint density at radius 1 is 0.912 bits per heavy atom. The molecule has 4 fully saturated rings. The normalized spacial score (nSPS) is 26.9. The number of nitrogens with one attached hydrogen (secondary N) is 2. The number of methoxy groups -OCH3 is 1.